The topological polar surface area (TPSA) is 101 Å². The zero-order chi connectivity index (χ0) is 16.7. The van der Waals surface area contributed by atoms with Gasteiger partial charge in [0.25, 0.3) is 0 Å². The first-order valence-electron chi connectivity index (χ1n) is 6.67. The number of amides is 3. The number of ether oxygens (including phenoxy) is 1. The van der Waals surface area contributed by atoms with Crippen molar-refractivity contribution in [2.75, 3.05) is 33.1 Å². The zero-order valence-corrected chi connectivity index (χ0v) is 13.0. The van der Waals surface area contributed by atoms with Crippen LogP contribution in [0.4, 0.5) is 10.5 Å². The number of esters is 1. The molecule has 0 bridgehead atoms. The minimum atomic E-state index is -0.641. The lowest BCUT2D eigenvalue weighted by Gasteiger charge is -2.21. The Labute approximate surface area is 128 Å². The molecular formula is C14H20N4O4. The van der Waals surface area contributed by atoms with Gasteiger partial charge in [-0.05, 0) is 12.1 Å². The maximum atomic E-state index is 12.1. The number of rotatable bonds is 5. The molecule has 2 N–H and O–H groups in total. The van der Waals surface area contributed by atoms with Gasteiger partial charge in [-0.15, -0.1) is 0 Å². The van der Waals surface area contributed by atoms with E-state index in [1.165, 1.54) is 25.3 Å². The molecule has 1 aromatic rings. The van der Waals surface area contributed by atoms with Crippen LogP contribution in [-0.2, 0) is 9.53 Å². The molecule has 1 aromatic heterocycles. The van der Waals surface area contributed by atoms with Crippen molar-refractivity contribution in [3.63, 3.8) is 0 Å². The number of pyridine rings is 1. The molecule has 0 aliphatic heterocycles. The number of carbonyl (C=O) groups excluding carboxylic acids is 3. The van der Waals surface area contributed by atoms with Gasteiger partial charge in [-0.3, -0.25) is 4.79 Å². The number of carbonyl (C=O) groups is 3. The molecule has 0 spiro atoms. The molecule has 22 heavy (non-hydrogen) atoms. The van der Waals surface area contributed by atoms with E-state index >= 15 is 0 Å². The van der Waals surface area contributed by atoms with Crippen LogP contribution >= 0.6 is 0 Å². The predicted molar refractivity (Wildman–Crippen MR) is 80.5 cm³/mol. The number of anilines is 1. The van der Waals surface area contributed by atoms with Crippen molar-refractivity contribution in [1.29, 1.82) is 0 Å². The zero-order valence-electron chi connectivity index (χ0n) is 13.0. The smallest absolute Gasteiger partial charge is 0.358 e. The molecule has 0 saturated heterocycles. The molecule has 0 fully saturated rings. The first-order chi connectivity index (χ1) is 10.4. The van der Waals surface area contributed by atoms with Crippen molar-refractivity contribution >= 4 is 23.6 Å². The van der Waals surface area contributed by atoms with E-state index in [9.17, 15) is 14.4 Å². The summed E-state index contributed by atoms with van der Waals surface area (Å²) in [6.07, 6.45) is 1.43. The van der Waals surface area contributed by atoms with E-state index in [2.05, 4.69) is 20.4 Å². The lowest BCUT2D eigenvalue weighted by Crippen LogP contribution is -2.39. The van der Waals surface area contributed by atoms with Crippen molar-refractivity contribution in [3.05, 3.63) is 24.0 Å². The minimum Gasteiger partial charge on any atom is -0.464 e. The molecule has 0 aliphatic carbocycles. The molecule has 0 radical (unpaired) electrons. The van der Waals surface area contributed by atoms with Gasteiger partial charge in [-0.2, -0.15) is 0 Å². The van der Waals surface area contributed by atoms with Crippen LogP contribution in [-0.4, -0.2) is 55.5 Å². The summed E-state index contributed by atoms with van der Waals surface area (Å²) in [5.41, 5.74) is 0.268. The van der Waals surface area contributed by atoms with Crippen molar-refractivity contribution in [1.82, 2.24) is 15.2 Å². The number of aromatic nitrogens is 1. The Kier molecular flexibility index (Phi) is 6.30. The molecule has 8 heteroatoms. The lowest BCUT2D eigenvalue weighted by atomic mass is 10.1. The Morgan fingerprint density at radius 1 is 1.41 bits per heavy atom. The van der Waals surface area contributed by atoms with Crippen molar-refractivity contribution in [3.8, 4) is 0 Å². The standard InChI is InChI=1S/C14H20N4O4/c1-9(12(19)15-2)8-18(3)14(21)17-10-6-5-7-16-11(10)13(20)22-4/h5-7,9H,8H2,1-4H3,(H,15,19)(H,17,21)/t9-/m0/s1. The van der Waals surface area contributed by atoms with Crippen LogP contribution in [0, 0.1) is 5.92 Å². The highest BCUT2D eigenvalue weighted by molar-refractivity contribution is 5.99. The summed E-state index contributed by atoms with van der Waals surface area (Å²) in [4.78, 5) is 40.4. The molecule has 1 rings (SSSR count). The summed E-state index contributed by atoms with van der Waals surface area (Å²) in [5, 5.41) is 5.10. The maximum absolute atomic E-state index is 12.1. The molecule has 0 unspecified atom stereocenters. The lowest BCUT2D eigenvalue weighted by molar-refractivity contribution is -0.124. The summed E-state index contributed by atoms with van der Waals surface area (Å²) in [6.45, 7) is 1.95. The first kappa shape index (κ1) is 17.4. The second kappa shape index (κ2) is 7.96. The van der Waals surface area contributed by atoms with Gasteiger partial charge in [0.15, 0.2) is 5.69 Å². The van der Waals surface area contributed by atoms with Gasteiger partial charge in [-0.25, -0.2) is 14.6 Å². The van der Waals surface area contributed by atoms with Crippen molar-refractivity contribution in [2.45, 2.75) is 6.92 Å². The summed E-state index contributed by atoms with van der Waals surface area (Å²) in [7, 11) is 4.33. The van der Waals surface area contributed by atoms with E-state index in [1.807, 2.05) is 0 Å². The average Bonchev–Trinajstić information content (AvgIpc) is 2.53. The van der Waals surface area contributed by atoms with Gasteiger partial charge in [0, 0.05) is 26.8 Å². The van der Waals surface area contributed by atoms with Crippen LogP contribution in [0.25, 0.3) is 0 Å². The van der Waals surface area contributed by atoms with Crippen molar-refractivity contribution < 1.29 is 19.1 Å². The number of nitrogens with one attached hydrogen (secondary N) is 2. The number of hydrogen-bond donors (Lipinski definition) is 2. The number of hydrogen-bond acceptors (Lipinski definition) is 5. The van der Waals surface area contributed by atoms with Crippen LogP contribution in [0.3, 0.4) is 0 Å². The van der Waals surface area contributed by atoms with Crippen LogP contribution in [0.15, 0.2) is 18.3 Å². The first-order valence-corrected chi connectivity index (χ1v) is 6.67. The Hall–Kier alpha value is -2.64. The summed E-state index contributed by atoms with van der Waals surface area (Å²) in [6, 6.07) is 2.69. The SMILES string of the molecule is CNC(=O)[C@@H](C)CN(C)C(=O)Nc1cccnc1C(=O)OC. The predicted octanol–water partition coefficient (Wildman–Crippen LogP) is 0.714. The molecule has 0 aliphatic rings. The van der Waals surface area contributed by atoms with Crippen LogP contribution in [0.2, 0.25) is 0 Å². The highest BCUT2D eigenvalue weighted by Crippen LogP contribution is 2.14. The molecule has 0 aromatic carbocycles. The molecule has 8 nitrogen and oxygen atoms in total. The number of nitrogens with zero attached hydrogens (tertiary/aromatic N) is 2. The highest BCUT2D eigenvalue weighted by atomic mass is 16.5. The van der Waals surface area contributed by atoms with E-state index in [-0.39, 0.29) is 29.8 Å². The molecule has 120 valence electrons. The fourth-order valence-electron chi connectivity index (χ4n) is 1.80. The molecular weight excluding hydrogens is 288 g/mol. The molecule has 1 atom stereocenters. The molecule has 3 amide bonds. The summed E-state index contributed by atoms with van der Waals surface area (Å²) in [5.74, 6) is -1.15. The quantitative estimate of drug-likeness (QED) is 0.780. The summed E-state index contributed by atoms with van der Waals surface area (Å²) >= 11 is 0. The van der Waals surface area contributed by atoms with Gasteiger partial charge >= 0.3 is 12.0 Å². The number of urea groups is 1. The van der Waals surface area contributed by atoms with Crippen LogP contribution < -0.4 is 10.6 Å². The van der Waals surface area contributed by atoms with Gasteiger partial charge in [-0.1, -0.05) is 6.92 Å². The normalized spacial score (nSPS) is 11.3. The molecule has 0 saturated carbocycles. The van der Waals surface area contributed by atoms with Gasteiger partial charge < -0.3 is 20.3 Å². The van der Waals surface area contributed by atoms with E-state index in [4.69, 9.17) is 0 Å². The Morgan fingerprint density at radius 2 is 2.09 bits per heavy atom. The maximum Gasteiger partial charge on any atom is 0.358 e. The second-order valence-electron chi connectivity index (χ2n) is 4.72. The highest BCUT2D eigenvalue weighted by Gasteiger charge is 2.20. The third-order valence-corrected chi connectivity index (χ3v) is 3.02. The van der Waals surface area contributed by atoms with E-state index < -0.39 is 12.0 Å². The van der Waals surface area contributed by atoms with Crippen molar-refractivity contribution in [2.24, 2.45) is 5.92 Å². The summed E-state index contributed by atoms with van der Waals surface area (Å²) < 4.78 is 4.61. The van der Waals surface area contributed by atoms with E-state index in [0.29, 0.717) is 0 Å². The fraction of sp³-hybridized carbons (Fsp3) is 0.429. The third kappa shape index (κ3) is 4.44. The fourth-order valence-corrected chi connectivity index (χ4v) is 1.80. The van der Waals surface area contributed by atoms with Gasteiger partial charge in [0.05, 0.1) is 18.7 Å². The number of methoxy groups -OCH3 is 1. The minimum absolute atomic E-state index is 0.0195. The third-order valence-electron chi connectivity index (χ3n) is 3.02. The van der Waals surface area contributed by atoms with Crippen LogP contribution in [0.5, 0.6) is 0 Å². The van der Waals surface area contributed by atoms with Gasteiger partial charge in [0.1, 0.15) is 0 Å². The monoisotopic (exact) mass is 308 g/mol. The van der Waals surface area contributed by atoms with Gasteiger partial charge in [0.2, 0.25) is 5.91 Å². The van der Waals surface area contributed by atoms with Crippen LogP contribution in [0.1, 0.15) is 17.4 Å². The Bertz CT molecular complexity index is 562. The largest absolute Gasteiger partial charge is 0.464 e. The molecule has 1 heterocycles. The average molecular weight is 308 g/mol. The van der Waals surface area contributed by atoms with E-state index in [1.54, 1.807) is 26.1 Å². The van der Waals surface area contributed by atoms with E-state index in [0.717, 1.165) is 0 Å². The Balaban J connectivity index is 2.76. The Morgan fingerprint density at radius 3 is 2.68 bits per heavy atom. The second-order valence-corrected chi connectivity index (χ2v) is 4.72.